The molecule has 1 aromatic heterocycles. The average molecular weight is 429 g/mol. The minimum atomic E-state index is 0. The zero-order valence-electron chi connectivity index (χ0n) is 17.7. The van der Waals surface area contributed by atoms with Crippen molar-refractivity contribution >= 4 is 35.8 Å². The molecule has 0 saturated carbocycles. The van der Waals surface area contributed by atoms with E-state index in [0.29, 0.717) is 11.5 Å². The van der Waals surface area contributed by atoms with Gasteiger partial charge in [-0.15, -0.1) is 12.4 Å². The first-order valence-corrected chi connectivity index (χ1v) is 10.2. The van der Waals surface area contributed by atoms with Gasteiger partial charge in [-0.1, -0.05) is 19.4 Å². The number of rotatable bonds is 6. The fourth-order valence-corrected chi connectivity index (χ4v) is 3.63. The molecule has 30 heavy (non-hydrogen) atoms. The lowest BCUT2D eigenvalue weighted by Crippen LogP contribution is -2.47. The van der Waals surface area contributed by atoms with Crippen molar-refractivity contribution < 1.29 is 4.79 Å². The summed E-state index contributed by atoms with van der Waals surface area (Å²) in [6, 6.07) is 10.1. The summed E-state index contributed by atoms with van der Waals surface area (Å²) in [4.78, 5) is 23.0. The van der Waals surface area contributed by atoms with Gasteiger partial charge in [0.05, 0.1) is 11.6 Å². The third-order valence-corrected chi connectivity index (χ3v) is 5.04. The van der Waals surface area contributed by atoms with E-state index in [0.717, 1.165) is 61.5 Å². The van der Waals surface area contributed by atoms with E-state index in [4.69, 9.17) is 4.98 Å². The average Bonchev–Trinajstić information content (AvgIpc) is 2.69. The maximum Gasteiger partial charge on any atom is 0.229 e. The van der Waals surface area contributed by atoms with E-state index >= 15 is 0 Å². The van der Waals surface area contributed by atoms with E-state index in [1.165, 1.54) is 0 Å². The van der Waals surface area contributed by atoms with Gasteiger partial charge in [0.2, 0.25) is 11.9 Å². The molecule has 1 aliphatic rings. The maximum absolute atomic E-state index is 11.4. The molecule has 0 spiro atoms. The largest absolute Gasteiger partial charge is 0.354 e. The Labute approximate surface area is 184 Å². The van der Waals surface area contributed by atoms with Crippen LogP contribution in [0.5, 0.6) is 0 Å². The fraction of sp³-hybridized carbons (Fsp3) is 0.455. The first kappa shape index (κ1) is 23.4. The van der Waals surface area contributed by atoms with Crippen LogP contribution < -0.4 is 15.5 Å². The number of benzene rings is 1. The molecule has 3 rings (SSSR count). The van der Waals surface area contributed by atoms with Crippen molar-refractivity contribution in [2.24, 2.45) is 0 Å². The highest BCUT2D eigenvalue weighted by atomic mass is 35.5. The van der Waals surface area contributed by atoms with Crippen LogP contribution in [0, 0.1) is 18.3 Å². The van der Waals surface area contributed by atoms with Crippen LogP contribution >= 0.6 is 12.4 Å². The summed E-state index contributed by atoms with van der Waals surface area (Å²) in [5.41, 5.74) is 3.35. The molecular formula is C22H29ClN6O. The van der Waals surface area contributed by atoms with Crippen molar-refractivity contribution in [2.45, 2.75) is 52.5 Å². The Morgan fingerprint density at radius 1 is 1.33 bits per heavy atom. The quantitative estimate of drug-likeness (QED) is 0.725. The van der Waals surface area contributed by atoms with E-state index in [1.807, 2.05) is 31.2 Å². The Balaban J connectivity index is 0.00000320. The van der Waals surface area contributed by atoms with Crippen molar-refractivity contribution in [3.63, 3.8) is 0 Å². The zero-order chi connectivity index (χ0) is 20.8. The van der Waals surface area contributed by atoms with E-state index in [1.54, 1.807) is 6.92 Å². The van der Waals surface area contributed by atoms with Crippen molar-refractivity contribution in [1.29, 1.82) is 5.26 Å². The third-order valence-electron chi connectivity index (χ3n) is 5.04. The van der Waals surface area contributed by atoms with Gasteiger partial charge >= 0.3 is 0 Å². The molecule has 1 aliphatic heterocycles. The number of amides is 1. The SMILES string of the molecule is CCCc1cc(N2CCC[C@@H](NC(C)=O)C2)nc(Nc2ccc(C)c(C#N)c2)n1.Cl. The number of hydrogen-bond donors (Lipinski definition) is 2. The van der Waals surface area contributed by atoms with Crippen LogP contribution in [0.1, 0.15) is 49.9 Å². The van der Waals surface area contributed by atoms with Crippen LogP contribution in [0.25, 0.3) is 0 Å². The van der Waals surface area contributed by atoms with E-state index < -0.39 is 0 Å². The molecule has 0 aliphatic carbocycles. The molecule has 1 saturated heterocycles. The van der Waals surface area contributed by atoms with Crippen LogP contribution in [-0.4, -0.2) is 35.0 Å². The molecular weight excluding hydrogens is 400 g/mol. The monoisotopic (exact) mass is 428 g/mol. The highest BCUT2D eigenvalue weighted by Gasteiger charge is 2.22. The fourth-order valence-electron chi connectivity index (χ4n) is 3.63. The lowest BCUT2D eigenvalue weighted by atomic mass is 10.1. The van der Waals surface area contributed by atoms with Gasteiger partial charge in [0, 0.05) is 43.5 Å². The molecule has 1 fully saturated rings. The minimum Gasteiger partial charge on any atom is -0.354 e. The number of piperidine rings is 1. The van der Waals surface area contributed by atoms with E-state index in [9.17, 15) is 10.1 Å². The molecule has 1 amide bonds. The molecule has 0 radical (unpaired) electrons. The predicted molar refractivity (Wildman–Crippen MR) is 122 cm³/mol. The molecule has 1 aromatic carbocycles. The van der Waals surface area contributed by atoms with E-state index in [-0.39, 0.29) is 24.4 Å². The molecule has 2 aromatic rings. The first-order valence-electron chi connectivity index (χ1n) is 10.2. The van der Waals surface area contributed by atoms with Gasteiger partial charge < -0.3 is 15.5 Å². The van der Waals surface area contributed by atoms with Crippen molar-refractivity contribution in [3.8, 4) is 6.07 Å². The first-order chi connectivity index (χ1) is 14.0. The molecule has 2 heterocycles. The Morgan fingerprint density at radius 3 is 2.83 bits per heavy atom. The second kappa shape index (κ2) is 10.8. The summed E-state index contributed by atoms with van der Waals surface area (Å²) in [7, 11) is 0. The number of halogens is 1. The van der Waals surface area contributed by atoms with Gasteiger partial charge in [0.15, 0.2) is 0 Å². The molecule has 1 atom stereocenters. The summed E-state index contributed by atoms with van der Waals surface area (Å²) in [6.45, 7) is 7.25. The van der Waals surface area contributed by atoms with Crippen LogP contribution in [0.4, 0.5) is 17.5 Å². The van der Waals surface area contributed by atoms with Crippen molar-refractivity contribution in [2.75, 3.05) is 23.3 Å². The van der Waals surface area contributed by atoms with E-state index in [2.05, 4.69) is 33.5 Å². The zero-order valence-corrected chi connectivity index (χ0v) is 18.6. The highest BCUT2D eigenvalue weighted by Crippen LogP contribution is 2.23. The molecule has 2 N–H and O–H groups in total. The van der Waals surface area contributed by atoms with Crippen LogP contribution in [-0.2, 0) is 11.2 Å². The summed E-state index contributed by atoms with van der Waals surface area (Å²) < 4.78 is 0. The minimum absolute atomic E-state index is 0. The van der Waals surface area contributed by atoms with Crippen LogP contribution in [0.3, 0.4) is 0 Å². The number of nitrogens with zero attached hydrogens (tertiary/aromatic N) is 4. The molecule has 160 valence electrons. The Bertz CT molecular complexity index is 926. The maximum atomic E-state index is 11.4. The molecule has 0 unspecified atom stereocenters. The van der Waals surface area contributed by atoms with Crippen LogP contribution in [0.2, 0.25) is 0 Å². The van der Waals surface area contributed by atoms with Crippen molar-refractivity contribution in [1.82, 2.24) is 15.3 Å². The Hall–Kier alpha value is -2.85. The van der Waals surface area contributed by atoms with Gasteiger partial charge in [-0.05, 0) is 43.9 Å². The topological polar surface area (TPSA) is 93.9 Å². The smallest absolute Gasteiger partial charge is 0.229 e. The van der Waals surface area contributed by atoms with Crippen molar-refractivity contribution in [3.05, 3.63) is 41.1 Å². The lowest BCUT2D eigenvalue weighted by molar-refractivity contribution is -0.119. The number of aromatic nitrogens is 2. The number of aryl methyl sites for hydroxylation is 2. The second-order valence-electron chi connectivity index (χ2n) is 7.54. The second-order valence-corrected chi connectivity index (χ2v) is 7.54. The van der Waals surface area contributed by atoms with Gasteiger partial charge in [-0.3, -0.25) is 4.79 Å². The van der Waals surface area contributed by atoms with Crippen LogP contribution in [0.15, 0.2) is 24.3 Å². The number of nitrogens with one attached hydrogen (secondary N) is 2. The Kier molecular flexibility index (Phi) is 8.43. The van der Waals surface area contributed by atoms with Gasteiger partial charge in [-0.25, -0.2) is 4.98 Å². The van der Waals surface area contributed by atoms with Gasteiger partial charge in [0.1, 0.15) is 5.82 Å². The summed E-state index contributed by atoms with van der Waals surface area (Å²) in [6.07, 6.45) is 3.84. The number of hydrogen-bond acceptors (Lipinski definition) is 6. The summed E-state index contributed by atoms with van der Waals surface area (Å²) in [5.74, 6) is 1.40. The normalized spacial score (nSPS) is 15.7. The molecule has 7 nitrogen and oxygen atoms in total. The third kappa shape index (κ3) is 6.07. The number of carbonyl (C=O) groups excluding carboxylic acids is 1. The standard InChI is InChI=1S/C22H28N6O.ClH/c1-4-6-18-12-21(28-10-5-7-20(14-28)24-16(3)29)27-22(25-18)26-19-9-8-15(2)17(11-19)13-23;/h8-9,11-12,20H,4-7,10,14H2,1-3H3,(H,24,29)(H,25,26,27);1H/t20-;/m1./s1. The predicted octanol–water partition coefficient (Wildman–Crippen LogP) is 3.88. The number of anilines is 3. The number of carbonyl (C=O) groups is 1. The summed E-state index contributed by atoms with van der Waals surface area (Å²) >= 11 is 0. The lowest BCUT2D eigenvalue weighted by Gasteiger charge is -2.34. The highest BCUT2D eigenvalue weighted by molar-refractivity contribution is 5.85. The molecule has 0 bridgehead atoms. The summed E-state index contributed by atoms with van der Waals surface area (Å²) in [5, 5.41) is 15.6. The van der Waals surface area contributed by atoms with Gasteiger partial charge in [0.25, 0.3) is 0 Å². The van der Waals surface area contributed by atoms with Gasteiger partial charge in [-0.2, -0.15) is 10.2 Å². The molecule has 8 heteroatoms. The number of nitriles is 1. The Morgan fingerprint density at radius 2 is 2.13 bits per heavy atom.